The molecule has 0 bridgehead atoms. The average molecular weight is 403 g/mol. The number of hydrogen-bond acceptors (Lipinski definition) is 5. The lowest BCUT2D eigenvalue weighted by molar-refractivity contribution is -0.122. The van der Waals surface area contributed by atoms with Crippen molar-refractivity contribution in [2.45, 2.75) is 77.4 Å². The minimum absolute atomic E-state index is 0.0804. The van der Waals surface area contributed by atoms with E-state index in [1.165, 1.54) is 5.56 Å². The van der Waals surface area contributed by atoms with E-state index in [-0.39, 0.29) is 18.0 Å². The minimum atomic E-state index is -0.481. The Morgan fingerprint density at radius 2 is 2.03 bits per heavy atom. The van der Waals surface area contributed by atoms with Gasteiger partial charge in [0.25, 0.3) is 0 Å². The maximum atomic E-state index is 12.3. The highest BCUT2D eigenvalue weighted by molar-refractivity contribution is 5.76. The topological polar surface area (TPSA) is 83.6 Å². The van der Waals surface area contributed by atoms with Crippen molar-refractivity contribution in [2.75, 3.05) is 25.0 Å². The van der Waals surface area contributed by atoms with Crippen LogP contribution in [0.4, 0.5) is 10.6 Å². The number of aromatic nitrogens is 1. The van der Waals surface area contributed by atoms with Gasteiger partial charge in [0.15, 0.2) is 0 Å². The average Bonchev–Trinajstić information content (AvgIpc) is 2.67. The summed E-state index contributed by atoms with van der Waals surface area (Å²) in [4.78, 5) is 30.8. The molecule has 3 heterocycles. The highest BCUT2D eigenvalue weighted by Gasteiger charge is 2.27. The number of nitrogens with zero attached hydrogens (tertiary/aromatic N) is 2. The number of rotatable bonds is 5. The van der Waals surface area contributed by atoms with Gasteiger partial charge in [-0.05, 0) is 70.9 Å². The Labute approximate surface area is 173 Å². The zero-order valence-electron chi connectivity index (χ0n) is 17.9. The van der Waals surface area contributed by atoms with Gasteiger partial charge in [-0.3, -0.25) is 4.79 Å². The Kier molecular flexibility index (Phi) is 6.98. The number of carbonyl (C=O) groups excluding carboxylic acids is 2. The fourth-order valence-corrected chi connectivity index (χ4v) is 3.77. The Morgan fingerprint density at radius 3 is 2.76 bits per heavy atom. The number of pyridine rings is 1. The van der Waals surface area contributed by atoms with Crippen molar-refractivity contribution in [3.05, 3.63) is 23.4 Å². The summed E-state index contributed by atoms with van der Waals surface area (Å²) in [5, 5.41) is 6.47. The summed E-state index contributed by atoms with van der Waals surface area (Å²) >= 11 is 0. The lowest BCUT2D eigenvalue weighted by Crippen LogP contribution is -2.47. The summed E-state index contributed by atoms with van der Waals surface area (Å²) in [6, 6.07) is 4.37. The molecule has 29 heavy (non-hydrogen) atoms. The maximum Gasteiger partial charge on any atom is 0.410 e. The third kappa shape index (κ3) is 6.61. The molecule has 0 unspecified atom stereocenters. The zero-order valence-corrected chi connectivity index (χ0v) is 17.9. The van der Waals surface area contributed by atoms with E-state index in [4.69, 9.17) is 4.74 Å². The number of hydrogen-bond donors (Lipinski definition) is 2. The molecule has 0 spiro atoms. The van der Waals surface area contributed by atoms with E-state index < -0.39 is 5.60 Å². The quantitative estimate of drug-likeness (QED) is 0.790. The molecule has 1 saturated heterocycles. The lowest BCUT2D eigenvalue weighted by atomic mass is 10.0. The number of ether oxygens (including phenoxy) is 1. The predicted octanol–water partition coefficient (Wildman–Crippen LogP) is 3.28. The molecule has 160 valence electrons. The van der Waals surface area contributed by atoms with Crippen LogP contribution in [0.5, 0.6) is 0 Å². The monoisotopic (exact) mass is 402 g/mol. The van der Waals surface area contributed by atoms with Crippen molar-refractivity contribution in [3.8, 4) is 0 Å². The molecular weight excluding hydrogens is 368 g/mol. The van der Waals surface area contributed by atoms with E-state index in [0.29, 0.717) is 19.5 Å². The fourth-order valence-electron chi connectivity index (χ4n) is 3.77. The summed E-state index contributed by atoms with van der Waals surface area (Å²) < 4.78 is 5.41. The van der Waals surface area contributed by atoms with Crippen LogP contribution in [0.3, 0.4) is 0 Å². The molecule has 1 fully saturated rings. The van der Waals surface area contributed by atoms with Gasteiger partial charge in [0.2, 0.25) is 5.91 Å². The predicted molar refractivity (Wildman–Crippen MR) is 113 cm³/mol. The van der Waals surface area contributed by atoms with Crippen molar-refractivity contribution < 1.29 is 14.3 Å². The van der Waals surface area contributed by atoms with Crippen molar-refractivity contribution in [2.24, 2.45) is 0 Å². The van der Waals surface area contributed by atoms with Crippen molar-refractivity contribution >= 4 is 17.8 Å². The summed E-state index contributed by atoms with van der Waals surface area (Å²) in [5.74, 6) is 1.09. The second-order valence-electron chi connectivity index (χ2n) is 9.00. The Balaban J connectivity index is 1.35. The van der Waals surface area contributed by atoms with Crippen LogP contribution in [0.25, 0.3) is 0 Å². The standard InChI is InChI=1S/C22H34N4O3/c1-22(2,3)29-21(28)26-14-11-18(12-15-26)24-19(27)8-4-7-17-10-9-16-6-5-13-23-20(16)25-17/h9-10,18H,4-8,11-15H2,1-3H3,(H,23,25)(H,24,27). The van der Waals surface area contributed by atoms with Crippen LogP contribution in [-0.2, 0) is 22.4 Å². The summed E-state index contributed by atoms with van der Waals surface area (Å²) in [5.41, 5.74) is 1.84. The van der Waals surface area contributed by atoms with Crippen LogP contribution in [0.15, 0.2) is 12.1 Å². The van der Waals surface area contributed by atoms with Crippen LogP contribution < -0.4 is 10.6 Å². The first-order valence-corrected chi connectivity index (χ1v) is 10.8. The Bertz CT molecular complexity index is 721. The van der Waals surface area contributed by atoms with Crippen molar-refractivity contribution in [1.82, 2.24) is 15.2 Å². The van der Waals surface area contributed by atoms with E-state index in [1.54, 1.807) is 4.90 Å². The Morgan fingerprint density at radius 1 is 1.28 bits per heavy atom. The van der Waals surface area contributed by atoms with Gasteiger partial charge in [-0.2, -0.15) is 0 Å². The number of piperidine rings is 1. The lowest BCUT2D eigenvalue weighted by Gasteiger charge is -2.33. The highest BCUT2D eigenvalue weighted by Crippen LogP contribution is 2.20. The molecule has 0 aromatic carbocycles. The van der Waals surface area contributed by atoms with Gasteiger partial charge in [-0.15, -0.1) is 0 Å². The molecular formula is C22H34N4O3. The summed E-state index contributed by atoms with van der Waals surface area (Å²) in [6.07, 6.45) is 5.60. The minimum Gasteiger partial charge on any atom is -0.444 e. The first kappa shape index (κ1) is 21.4. The van der Waals surface area contributed by atoms with E-state index in [1.807, 2.05) is 20.8 Å². The number of anilines is 1. The molecule has 0 radical (unpaired) electrons. The highest BCUT2D eigenvalue weighted by atomic mass is 16.6. The molecule has 0 atom stereocenters. The van der Waals surface area contributed by atoms with Crippen LogP contribution >= 0.6 is 0 Å². The molecule has 1 aromatic heterocycles. The van der Waals surface area contributed by atoms with E-state index in [9.17, 15) is 9.59 Å². The molecule has 2 amide bonds. The molecule has 1 aromatic rings. The van der Waals surface area contributed by atoms with Crippen LogP contribution in [-0.4, -0.2) is 53.2 Å². The third-order valence-corrected chi connectivity index (χ3v) is 5.30. The summed E-state index contributed by atoms with van der Waals surface area (Å²) in [7, 11) is 0. The SMILES string of the molecule is CC(C)(C)OC(=O)N1CCC(NC(=O)CCCc2ccc3c(n2)NCCC3)CC1. The molecule has 2 aliphatic rings. The van der Waals surface area contributed by atoms with Gasteiger partial charge < -0.3 is 20.3 Å². The zero-order chi connectivity index (χ0) is 20.9. The van der Waals surface area contributed by atoms with Crippen molar-refractivity contribution in [1.29, 1.82) is 0 Å². The van der Waals surface area contributed by atoms with Gasteiger partial charge >= 0.3 is 6.09 Å². The Hall–Kier alpha value is -2.31. The smallest absolute Gasteiger partial charge is 0.410 e. The molecule has 7 nitrogen and oxygen atoms in total. The fraction of sp³-hybridized carbons (Fsp3) is 0.682. The number of aryl methyl sites for hydroxylation is 2. The first-order chi connectivity index (χ1) is 13.8. The van der Waals surface area contributed by atoms with Gasteiger partial charge in [0.1, 0.15) is 11.4 Å². The largest absolute Gasteiger partial charge is 0.444 e. The number of nitrogens with one attached hydrogen (secondary N) is 2. The van der Waals surface area contributed by atoms with E-state index in [0.717, 1.165) is 56.6 Å². The molecule has 2 N–H and O–H groups in total. The molecule has 0 aliphatic carbocycles. The van der Waals surface area contributed by atoms with Crippen LogP contribution in [0.1, 0.15) is 64.1 Å². The number of likely N-dealkylation sites (tertiary alicyclic amines) is 1. The van der Waals surface area contributed by atoms with E-state index >= 15 is 0 Å². The molecule has 0 saturated carbocycles. The molecule has 3 rings (SSSR count). The van der Waals surface area contributed by atoms with Gasteiger partial charge in [-0.25, -0.2) is 9.78 Å². The van der Waals surface area contributed by atoms with Crippen molar-refractivity contribution in [3.63, 3.8) is 0 Å². The third-order valence-electron chi connectivity index (χ3n) is 5.30. The van der Waals surface area contributed by atoms with Gasteiger partial charge in [0.05, 0.1) is 0 Å². The normalized spacial score (nSPS) is 17.3. The van der Waals surface area contributed by atoms with E-state index in [2.05, 4.69) is 27.8 Å². The second-order valence-corrected chi connectivity index (χ2v) is 9.00. The first-order valence-electron chi connectivity index (χ1n) is 10.8. The maximum absolute atomic E-state index is 12.3. The molecule has 2 aliphatic heterocycles. The van der Waals surface area contributed by atoms with Gasteiger partial charge in [0, 0.05) is 37.8 Å². The second kappa shape index (κ2) is 9.46. The number of amides is 2. The van der Waals surface area contributed by atoms with Gasteiger partial charge in [-0.1, -0.05) is 6.07 Å². The summed E-state index contributed by atoms with van der Waals surface area (Å²) in [6.45, 7) is 7.83. The number of carbonyl (C=O) groups is 2. The number of fused-ring (bicyclic) bond motifs is 1. The van der Waals surface area contributed by atoms with Crippen LogP contribution in [0, 0.1) is 0 Å². The van der Waals surface area contributed by atoms with Crippen LogP contribution in [0.2, 0.25) is 0 Å². The molecule has 7 heteroatoms.